The molecular weight excluding hydrogens is 475 g/mol. The van der Waals surface area contributed by atoms with Gasteiger partial charge in [0, 0.05) is 28.2 Å². The van der Waals surface area contributed by atoms with Gasteiger partial charge in [0.25, 0.3) is 5.91 Å². The molecule has 1 aliphatic rings. The molecule has 0 saturated heterocycles. The highest BCUT2D eigenvalue weighted by Gasteiger charge is 2.36. The predicted molar refractivity (Wildman–Crippen MR) is 140 cm³/mol. The Morgan fingerprint density at radius 1 is 0.944 bits per heavy atom. The van der Waals surface area contributed by atoms with Crippen molar-refractivity contribution < 1.29 is 14.0 Å². The number of thioether (sulfide) groups is 1. The number of nitriles is 1. The molecule has 0 aromatic heterocycles. The van der Waals surface area contributed by atoms with Crippen LogP contribution < -0.4 is 16.0 Å². The number of carbonyl (C=O) groups excluding carboxylic acids is 2. The fraction of sp³-hybridized carbons (Fsp3) is 0.107. The minimum absolute atomic E-state index is 0.0191. The number of rotatable bonds is 7. The number of dihydropyridines is 1. The van der Waals surface area contributed by atoms with Crippen molar-refractivity contribution in [2.75, 3.05) is 16.4 Å². The first kappa shape index (κ1) is 24.8. The molecule has 0 radical (unpaired) electrons. The van der Waals surface area contributed by atoms with Crippen molar-refractivity contribution in [1.29, 1.82) is 5.26 Å². The molecule has 1 unspecified atom stereocenters. The van der Waals surface area contributed by atoms with Gasteiger partial charge in [-0.1, -0.05) is 66.4 Å². The second kappa shape index (κ2) is 11.4. The van der Waals surface area contributed by atoms with Gasteiger partial charge >= 0.3 is 0 Å². The van der Waals surface area contributed by atoms with Gasteiger partial charge in [0.1, 0.15) is 5.82 Å². The SMILES string of the molecule is CC1=C(C(=O)Nc2ccccc2)C(c2ccccc2F)C(C#N)=C(SCC(=O)Nc2ccccc2)N1. The second-order valence-electron chi connectivity index (χ2n) is 8.00. The number of hydrogen-bond donors (Lipinski definition) is 3. The molecule has 0 spiro atoms. The summed E-state index contributed by atoms with van der Waals surface area (Å²) in [6.45, 7) is 1.70. The molecule has 0 fully saturated rings. The maximum Gasteiger partial charge on any atom is 0.254 e. The fourth-order valence-electron chi connectivity index (χ4n) is 3.92. The van der Waals surface area contributed by atoms with Gasteiger partial charge < -0.3 is 16.0 Å². The first-order valence-electron chi connectivity index (χ1n) is 11.2. The summed E-state index contributed by atoms with van der Waals surface area (Å²) in [5.41, 5.74) is 2.33. The number of para-hydroxylation sites is 2. The number of nitrogens with one attached hydrogen (secondary N) is 3. The molecule has 4 rings (SSSR count). The van der Waals surface area contributed by atoms with Crippen molar-refractivity contribution in [1.82, 2.24) is 5.32 Å². The van der Waals surface area contributed by atoms with Gasteiger partial charge in [0.15, 0.2) is 0 Å². The Morgan fingerprint density at radius 2 is 1.53 bits per heavy atom. The van der Waals surface area contributed by atoms with E-state index in [0.717, 1.165) is 11.8 Å². The lowest BCUT2D eigenvalue weighted by Crippen LogP contribution is -2.31. The van der Waals surface area contributed by atoms with Gasteiger partial charge in [0.05, 0.1) is 28.3 Å². The molecule has 1 aliphatic heterocycles. The molecule has 180 valence electrons. The van der Waals surface area contributed by atoms with E-state index in [1.807, 2.05) is 24.3 Å². The number of halogens is 1. The highest BCUT2D eigenvalue weighted by Crippen LogP contribution is 2.41. The summed E-state index contributed by atoms with van der Waals surface area (Å²) in [5.74, 6) is -2.15. The number of carbonyl (C=O) groups is 2. The van der Waals surface area contributed by atoms with Crippen molar-refractivity contribution >= 4 is 35.0 Å². The summed E-state index contributed by atoms with van der Waals surface area (Å²) in [6, 6.07) is 26.2. The Labute approximate surface area is 212 Å². The molecule has 2 amide bonds. The van der Waals surface area contributed by atoms with Gasteiger partial charge in [0.2, 0.25) is 5.91 Å². The lowest BCUT2D eigenvalue weighted by atomic mass is 9.82. The Balaban J connectivity index is 1.65. The van der Waals surface area contributed by atoms with E-state index >= 15 is 0 Å². The lowest BCUT2D eigenvalue weighted by molar-refractivity contribution is -0.114. The average molecular weight is 499 g/mol. The van der Waals surface area contributed by atoms with Crippen LogP contribution in [0.25, 0.3) is 0 Å². The van der Waals surface area contributed by atoms with Crippen molar-refractivity contribution in [3.05, 3.63) is 118 Å². The van der Waals surface area contributed by atoms with Crippen LogP contribution >= 0.6 is 11.8 Å². The van der Waals surface area contributed by atoms with Crippen molar-refractivity contribution in [3.8, 4) is 6.07 Å². The van der Waals surface area contributed by atoms with E-state index in [1.54, 1.807) is 61.5 Å². The van der Waals surface area contributed by atoms with Gasteiger partial charge in [-0.15, -0.1) is 0 Å². The van der Waals surface area contributed by atoms with E-state index in [-0.39, 0.29) is 28.4 Å². The Morgan fingerprint density at radius 3 is 2.14 bits per heavy atom. The second-order valence-corrected chi connectivity index (χ2v) is 8.98. The van der Waals surface area contributed by atoms with E-state index < -0.39 is 17.6 Å². The highest BCUT2D eigenvalue weighted by atomic mass is 32.2. The highest BCUT2D eigenvalue weighted by molar-refractivity contribution is 8.03. The van der Waals surface area contributed by atoms with Gasteiger partial charge in [-0.05, 0) is 37.3 Å². The minimum Gasteiger partial charge on any atom is -0.353 e. The third-order valence-corrected chi connectivity index (χ3v) is 6.56. The molecule has 3 aromatic carbocycles. The van der Waals surface area contributed by atoms with Crippen molar-refractivity contribution in [3.63, 3.8) is 0 Å². The first-order chi connectivity index (χ1) is 17.5. The van der Waals surface area contributed by atoms with Crippen LogP contribution in [0.4, 0.5) is 15.8 Å². The van der Waals surface area contributed by atoms with Crippen molar-refractivity contribution in [2.24, 2.45) is 0 Å². The minimum atomic E-state index is -0.944. The van der Waals surface area contributed by atoms with Crippen LogP contribution in [0.2, 0.25) is 0 Å². The van der Waals surface area contributed by atoms with Crippen LogP contribution in [0.3, 0.4) is 0 Å². The van der Waals surface area contributed by atoms with E-state index in [1.165, 1.54) is 6.07 Å². The fourth-order valence-corrected chi connectivity index (χ4v) is 4.82. The first-order valence-corrected chi connectivity index (χ1v) is 12.2. The quantitative estimate of drug-likeness (QED) is 0.398. The number of benzene rings is 3. The smallest absolute Gasteiger partial charge is 0.254 e. The third-order valence-electron chi connectivity index (χ3n) is 5.55. The summed E-state index contributed by atoms with van der Waals surface area (Å²) in [7, 11) is 0. The zero-order chi connectivity index (χ0) is 25.5. The van der Waals surface area contributed by atoms with E-state index in [0.29, 0.717) is 22.1 Å². The molecular formula is C28H23FN4O2S. The number of anilines is 2. The lowest BCUT2D eigenvalue weighted by Gasteiger charge is -2.30. The number of hydrogen-bond acceptors (Lipinski definition) is 5. The normalized spacial score (nSPS) is 15.1. The van der Waals surface area contributed by atoms with Crippen LogP contribution in [-0.2, 0) is 9.59 Å². The molecule has 8 heteroatoms. The molecule has 1 heterocycles. The molecule has 0 aliphatic carbocycles. The van der Waals surface area contributed by atoms with E-state index in [2.05, 4.69) is 22.0 Å². The molecule has 3 aromatic rings. The third kappa shape index (κ3) is 5.65. The number of nitrogens with zero attached hydrogens (tertiary/aromatic N) is 1. The molecule has 0 bridgehead atoms. The molecule has 6 nitrogen and oxygen atoms in total. The summed E-state index contributed by atoms with van der Waals surface area (Å²) in [6.07, 6.45) is 0. The zero-order valence-electron chi connectivity index (χ0n) is 19.4. The van der Waals surface area contributed by atoms with Crippen LogP contribution in [-0.4, -0.2) is 17.6 Å². The topological polar surface area (TPSA) is 94.0 Å². The monoisotopic (exact) mass is 498 g/mol. The predicted octanol–water partition coefficient (Wildman–Crippen LogP) is 5.53. The van der Waals surface area contributed by atoms with Crippen molar-refractivity contribution in [2.45, 2.75) is 12.8 Å². The summed E-state index contributed by atoms with van der Waals surface area (Å²) in [5, 5.41) is 19.3. The maximum atomic E-state index is 15.0. The van der Waals surface area contributed by atoms with Crippen LogP contribution in [0.15, 0.2) is 107 Å². The van der Waals surface area contributed by atoms with E-state index in [9.17, 15) is 19.2 Å². The van der Waals surface area contributed by atoms with Gasteiger partial charge in [-0.2, -0.15) is 5.26 Å². The van der Waals surface area contributed by atoms with Gasteiger partial charge in [-0.25, -0.2) is 4.39 Å². The molecule has 3 N–H and O–H groups in total. The Kier molecular flexibility index (Phi) is 7.83. The number of amides is 2. The average Bonchev–Trinajstić information content (AvgIpc) is 2.88. The van der Waals surface area contributed by atoms with E-state index in [4.69, 9.17) is 0 Å². The zero-order valence-corrected chi connectivity index (χ0v) is 20.2. The summed E-state index contributed by atoms with van der Waals surface area (Å²) >= 11 is 1.13. The molecule has 36 heavy (non-hydrogen) atoms. The van der Waals surface area contributed by atoms with Crippen LogP contribution in [0, 0.1) is 17.1 Å². The summed E-state index contributed by atoms with van der Waals surface area (Å²) in [4.78, 5) is 25.9. The van der Waals surface area contributed by atoms with Gasteiger partial charge in [-0.3, -0.25) is 9.59 Å². The largest absolute Gasteiger partial charge is 0.353 e. The summed E-state index contributed by atoms with van der Waals surface area (Å²) < 4.78 is 15.0. The van der Waals surface area contributed by atoms with Crippen LogP contribution in [0.5, 0.6) is 0 Å². The Bertz CT molecular complexity index is 1380. The molecule has 1 atom stereocenters. The Hall–Kier alpha value is -4.35. The maximum absolute atomic E-state index is 15.0. The number of allylic oxidation sites excluding steroid dienone is 2. The molecule has 0 saturated carbocycles. The standard InChI is InChI=1S/C28H23FN4O2S/c1-18-25(27(35)33-20-12-6-3-7-13-20)26(21-14-8-9-15-23(21)29)22(16-30)28(31-18)36-17-24(34)32-19-10-4-2-5-11-19/h2-15,26,31H,17H2,1H3,(H,32,34)(H,33,35). The van der Waals surface area contributed by atoms with Crippen LogP contribution in [0.1, 0.15) is 18.4 Å².